The number of rotatable bonds is 45. The molecule has 3 saturated heterocycles. The van der Waals surface area contributed by atoms with E-state index < -0.39 is 151 Å². The van der Waals surface area contributed by atoms with E-state index in [1.54, 1.807) is 45.0 Å². The highest BCUT2D eigenvalue weighted by molar-refractivity contribution is 7.98. The first kappa shape index (κ1) is 106. The van der Waals surface area contributed by atoms with Gasteiger partial charge in [0.25, 0.3) is 0 Å². The van der Waals surface area contributed by atoms with Gasteiger partial charge in [0.1, 0.15) is 42.3 Å². The number of carboxylic acid groups (broad SMARTS) is 4. The molecule has 708 valence electrons. The number of benzene rings is 2. The molecule has 0 aliphatic carbocycles. The van der Waals surface area contributed by atoms with Gasteiger partial charge in [-0.15, -0.1) is 0 Å². The molecule has 2 aromatic carbocycles. The maximum atomic E-state index is 15.0. The number of nitrogens with one attached hydrogen (secondary N) is 9. The third kappa shape index (κ3) is 42.4. The van der Waals surface area contributed by atoms with Gasteiger partial charge in [0.2, 0.25) is 70.9 Å². The van der Waals surface area contributed by atoms with Gasteiger partial charge >= 0.3 is 23.9 Å². The molecule has 0 aromatic heterocycles. The Labute approximate surface area is 749 Å². The van der Waals surface area contributed by atoms with Crippen molar-refractivity contribution in [2.45, 2.75) is 202 Å². The van der Waals surface area contributed by atoms with Gasteiger partial charge in [-0.25, -0.2) is 0 Å². The molecule has 4 aliphatic rings. The Balaban J connectivity index is 0.983. The van der Waals surface area contributed by atoms with Crippen LogP contribution in [0.25, 0.3) is 0 Å². The molecule has 127 heavy (non-hydrogen) atoms. The molecule has 2 bridgehead atoms. The minimum Gasteiger partial charge on any atom is -0.481 e. The summed E-state index contributed by atoms with van der Waals surface area (Å²) >= 11 is 2.66. The predicted molar refractivity (Wildman–Crippen MR) is 469 cm³/mol. The van der Waals surface area contributed by atoms with Crippen molar-refractivity contribution in [1.82, 2.24) is 77.3 Å². The zero-order valence-corrected chi connectivity index (χ0v) is 74.6. The molecule has 4 heterocycles. The molecule has 12 amide bonds. The van der Waals surface area contributed by atoms with Gasteiger partial charge in [-0.05, 0) is 94.2 Å². The van der Waals surface area contributed by atoms with E-state index in [0.717, 1.165) is 24.0 Å². The lowest BCUT2D eigenvalue weighted by atomic mass is 10.0. The van der Waals surface area contributed by atoms with Gasteiger partial charge in [-0.3, -0.25) is 96.3 Å². The molecule has 2 aromatic rings. The van der Waals surface area contributed by atoms with Crippen molar-refractivity contribution >= 4 is 118 Å². The summed E-state index contributed by atoms with van der Waals surface area (Å²) in [5, 5.41) is 74.4. The van der Waals surface area contributed by atoms with Gasteiger partial charge < -0.3 is 103 Å². The van der Waals surface area contributed by atoms with E-state index >= 15 is 0 Å². The highest BCUT2D eigenvalue weighted by Crippen LogP contribution is 2.28. The molecule has 0 spiro atoms. The summed E-state index contributed by atoms with van der Waals surface area (Å²) < 4.78 is 16.8. The van der Waals surface area contributed by atoms with Crippen molar-refractivity contribution in [3.8, 4) is 0 Å². The second-order valence-electron chi connectivity index (χ2n) is 32.1. The zero-order chi connectivity index (χ0) is 92.4. The van der Waals surface area contributed by atoms with E-state index in [4.69, 9.17) is 19.9 Å². The van der Waals surface area contributed by atoms with Crippen LogP contribution in [0.5, 0.6) is 0 Å². The number of carboxylic acids is 4. The number of hydrogen-bond acceptors (Lipinski definition) is 26. The van der Waals surface area contributed by atoms with Crippen LogP contribution in [0.15, 0.2) is 54.6 Å². The quantitative estimate of drug-likeness (QED) is 0.0339. The van der Waals surface area contributed by atoms with Crippen LogP contribution in [0, 0.1) is 0 Å². The number of aliphatic carboxylic acids is 4. The fourth-order valence-electron chi connectivity index (χ4n) is 14.9. The third-order valence-corrected chi connectivity index (χ3v) is 23.9. The first-order valence-electron chi connectivity index (χ1n) is 43.9. The number of hydrogen-bond donors (Lipinski definition) is 15. The second-order valence-corrected chi connectivity index (χ2v) is 34.2. The minimum absolute atomic E-state index is 0.00641. The molecule has 40 nitrogen and oxygen atoms in total. The number of amides is 12. The normalized spacial score (nSPS) is 21.1. The lowest BCUT2D eigenvalue weighted by Crippen LogP contribution is -2.62. The summed E-state index contributed by atoms with van der Waals surface area (Å²) in [5.41, 5.74) is 7.78. The molecule has 9 atom stereocenters. The van der Waals surface area contributed by atoms with Crippen LogP contribution in [-0.4, -0.2) is 367 Å². The van der Waals surface area contributed by atoms with Crippen LogP contribution in [-0.2, 0) is 109 Å². The van der Waals surface area contributed by atoms with Gasteiger partial charge in [-0.2, -0.15) is 23.5 Å². The van der Waals surface area contributed by atoms with Crippen molar-refractivity contribution in [1.29, 1.82) is 0 Å². The Morgan fingerprint density at radius 1 is 0.504 bits per heavy atom. The molecule has 16 N–H and O–H groups in total. The van der Waals surface area contributed by atoms with E-state index in [9.17, 15) is 102 Å². The average molecular weight is 1830 g/mol. The highest BCUT2D eigenvalue weighted by Gasteiger charge is 2.45. The first-order valence-corrected chi connectivity index (χ1v) is 46.2. The van der Waals surface area contributed by atoms with Gasteiger partial charge in [0.05, 0.1) is 65.1 Å². The van der Waals surface area contributed by atoms with Crippen molar-refractivity contribution in [3.63, 3.8) is 0 Å². The topological polar surface area (TPSA) is 556 Å². The molecular weight excluding hydrogens is 1690 g/mol. The summed E-state index contributed by atoms with van der Waals surface area (Å²) in [6.45, 7) is 7.59. The maximum absolute atomic E-state index is 15.0. The van der Waals surface area contributed by atoms with Crippen LogP contribution in [0.4, 0.5) is 0 Å². The SMILES string of the molecule is CCCCCC(=O)N[C@H]1CSCc2cccc(c2)CSC[C@@H](C(=O)N[C@@H](CCCCNC(=O)CCC(=O)NCCCOCCOCCOCCCNC(=O)CN2CCN(CC(=O)O)CCN(CC(=O)O)CCN(CC(=O)O)CC2)CC(=O)O)NC(=O)[C@H](Cc2ccccc2)NC(=O)[C@H](CCC(N)=O)NC(=O)[C@H]([C@@H](C)O)NC(=O)[C@@H]2CCCN2C(=O)[C@@H]2CCCN2C1=O. The van der Waals surface area contributed by atoms with Gasteiger partial charge in [-0.1, -0.05) is 74.4 Å². The van der Waals surface area contributed by atoms with Crippen molar-refractivity contribution in [2.24, 2.45) is 5.73 Å². The first-order chi connectivity index (χ1) is 60.9. The van der Waals surface area contributed by atoms with Crippen molar-refractivity contribution in [3.05, 3.63) is 71.3 Å². The number of primary amides is 1. The minimum atomic E-state index is -1.74. The Morgan fingerprint density at radius 3 is 1.54 bits per heavy atom. The number of carbonyl (C=O) groups excluding carboxylic acids is 12. The third-order valence-electron chi connectivity index (χ3n) is 21.7. The van der Waals surface area contributed by atoms with Crippen LogP contribution in [0.3, 0.4) is 0 Å². The summed E-state index contributed by atoms with van der Waals surface area (Å²) in [6.07, 6.45) is 2.11. The number of aliphatic hydroxyl groups excluding tert-OH is 1. The average Bonchev–Trinajstić information content (AvgIpc) is 1.66. The van der Waals surface area contributed by atoms with Crippen LogP contribution < -0.4 is 53.6 Å². The number of nitrogens with zero attached hydrogens (tertiary/aromatic N) is 6. The number of nitrogens with two attached hydrogens (primary N) is 1. The summed E-state index contributed by atoms with van der Waals surface area (Å²) in [4.78, 5) is 224. The van der Waals surface area contributed by atoms with Gasteiger partial charge in [0, 0.05) is 159 Å². The van der Waals surface area contributed by atoms with Crippen LogP contribution in [0.1, 0.15) is 146 Å². The van der Waals surface area contributed by atoms with Crippen molar-refractivity contribution in [2.75, 3.05) is 162 Å². The fourth-order valence-corrected chi connectivity index (χ4v) is 16.9. The molecule has 0 saturated carbocycles. The molecule has 0 unspecified atom stereocenters. The van der Waals surface area contributed by atoms with E-state index in [0.29, 0.717) is 102 Å². The standard InChI is InChI=1S/C85H132N16O24S2/c1-3-4-6-23-72(106)91-66-57-127-55-61-19-11-18-60(47-61)54-126-56-65(94-80(117)64(48-59-16-7-5-8-17-59)93-79(116)63(24-25-69(86)103)92-83(120)78(58(2)102)95-82(119)67-21-12-31-100(67)85(122)68-22-13-32-101(68)84(66)121)81(118)90-62(49-74(108)109)20-9-10-28-87-70(104)26-27-71(105)88-29-14-41-123-43-45-125-46-44-124-42-15-30-89-73(107)50-96-33-35-97(51-75(110)111)37-39-99(53-77(114)115)40-38-98(36-34-96)52-76(112)113/h5,7-8,11,16-19,47,58,62-68,78,102H,3-4,6,9-10,12-15,20-46,48-57H2,1-2H3,(H2,86,103)(H,87,104)(H,88,105)(H,89,107)(H,90,118)(H,91,106)(H,92,120)(H,93,116)(H,94,117)(H,95,119)(H,108,109)(H,110,111)(H,112,113)(H,114,115)/t58-,62+,63+,64+,65+,66+,67+,68+,78+/m1/s1. The lowest BCUT2D eigenvalue weighted by molar-refractivity contribution is -0.148. The molecular formula is C85H132N16O24S2. The monoisotopic (exact) mass is 1820 g/mol. The Morgan fingerprint density at radius 2 is 1.01 bits per heavy atom. The highest BCUT2D eigenvalue weighted by atomic mass is 32.2. The van der Waals surface area contributed by atoms with E-state index in [-0.39, 0.29) is 185 Å². The van der Waals surface area contributed by atoms with E-state index in [2.05, 4.69) is 47.9 Å². The van der Waals surface area contributed by atoms with E-state index in [1.807, 2.05) is 36.1 Å². The largest absolute Gasteiger partial charge is 0.481 e. The van der Waals surface area contributed by atoms with Crippen molar-refractivity contribution < 1.29 is 116 Å². The molecule has 4 aliphatic heterocycles. The smallest absolute Gasteiger partial charge is 0.317 e. The number of ether oxygens (including phenoxy) is 3. The summed E-state index contributed by atoms with van der Waals surface area (Å²) in [6, 6.07) is 5.66. The van der Waals surface area contributed by atoms with Gasteiger partial charge in [0.15, 0.2) is 0 Å². The Bertz CT molecular complexity index is 3850. The molecule has 0 radical (unpaired) electrons. The molecule has 3 fully saturated rings. The number of thioether (sulfide) groups is 2. The summed E-state index contributed by atoms with van der Waals surface area (Å²) in [7, 11) is 0. The summed E-state index contributed by atoms with van der Waals surface area (Å²) in [5.74, 6) is -11.3. The predicted octanol–water partition coefficient (Wildman–Crippen LogP) is -1.39. The fraction of sp³-hybridized carbons (Fsp3) is 0.671. The molecule has 42 heteroatoms. The van der Waals surface area contributed by atoms with Crippen LogP contribution >= 0.6 is 23.5 Å². The lowest BCUT2D eigenvalue weighted by Gasteiger charge is -2.33. The second kappa shape index (κ2) is 59.5. The Hall–Kier alpha value is -9.66. The number of unbranched alkanes of at least 4 members (excludes halogenated alkanes) is 3. The number of fused-ring (bicyclic) bond motifs is 4. The molecule has 6 rings (SSSR count). The van der Waals surface area contributed by atoms with E-state index in [1.165, 1.54) is 40.2 Å². The maximum Gasteiger partial charge on any atom is 0.317 e. The number of aliphatic hydroxyl groups is 1. The number of carbonyl (C=O) groups is 16. The zero-order valence-electron chi connectivity index (χ0n) is 73.0. The van der Waals surface area contributed by atoms with Crippen LogP contribution in [0.2, 0.25) is 0 Å². The Kier molecular flexibility index (Phi) is 49.7.